The predicted molar refractivity (Wildman–Crippen MR) is 128 cm³/mol. The van der Waals surface area contributed by atoms with Gasteiger partial charge < -0.3 is 19.5 Å². The molecule has 0 spiro atoms. The number of anilines is 1. The maximum Gasteiger partial charge on any atom is 0.278 e. The Kier molecular flexibility index (Phi) is 8.11. The van der Waals surface area contributed by atoms with Crippen molar-refractivity contribution in [3.05, 3.63) is 59.8 Å². The third kappa shape index (κ3) is 6.14. The van der Waals surface area contributed by atoms with E-state index in [4.69, 9.17) is 14.2 Å². The lowest BCUT2D eigenvalue weighted by Crippen LogP contribution is -2.35. The number of imide groups is 1. The standard InChI is InChI=1S/C26H32N2O5/c1-6-31-21-11-7-19(8-12-21)23-24(26(30)28(25(23)29)15-16-32-17(2)3)27-20-9-13-22(14-10-20)33-18(4)5/h7-14,17-18,27H,6,15-16H2,1-5H3. The van der Waals surface area contributed by atoms with E-state index in [0.717, 1.165) is 5.75 Å². The van der Waals surface area contributed by atoms with Gasteiger partial charge in [-0.15, -0.1) is 0 Å². The van der Waals surface area contributed by atoms with Crippen molar-refractivity contribution in [1.82, 2.24) is 4.90 Å². The van der Waals surface area contributed by atoms with Gasteiger partial charge in [0.05, 0.1) is 37.5 Å². The first-order chi connectivity index (χ1) is 15.8. The van der Waals surface area contributed by atoms with Crippen LogP contribution in [-0.2, 0) is 14.3 Å². The second-order valence-electron chi connectivity index (χ2n) is 8.20. The van der Waals surface area contributed by atoms with Crippen molar-refractivity contribution in [1.29, 1.82) is 0 Å². The number of carbonyl (C=O) groups is 2. The molecule has 0 aromatic heterocycles. The zero-order valence-corrected chi connectivity index (χ0v) is 19.9. The highest BCUT2D eigenvalue weighted by Gasteiger charge is 2.39. The first kappa shape index (κ1) is 24.3. The topological polar surface area (TPSA) is 77.1 Å². The molecule has 1 aliphatic rings. The van der Waals surface area contributed by atoms with Gasteiger partial charge in [0.2, 0.25) is 0 Å². The smallest absolute Gasteiger partial charge is 0.278 e. The van der Waals surface area contributed by atoms with Gasteiger partial charge >= 0.3 is 0 Å². The number of hydrogen-bond donors (Lipinski definition) is 1. The molecule has 2 aromatic carbocycles. The zero-order valence-electron chi connectivity index (χ0n) is 19.9. The summed E-state index contributed by atoms with van der Waals surface area (Å²) in [6.45, 7) is 10.7. The number of hydrogen-bond acceptors (Lipinski definition) is 6. The van der Waals surface area contributed by atoms with Crippen molar-refractivity contribution >= 4 is 23.1 Å². The Bertz CT molecular complexity index is 994. The lowest BCUT2D eigenvalue weighted by Gasteiger charge is -2.16. The molecule has 1 heterocycles. The van der Waals surface area contributed by atoms with Gasteiger partial charge in [0, 0.05) is 5.69 Å². The molecule has 0 saturated heterocycles. The Morgan fingerprint density at radius 3 is 2.06 bits per heavy atom. The molecule has 0 saturated carbocycles. The summed E-state index contributed by atoms with van der Waals surface area (Å²) >= 11 is 0. The average Bonchev–Trinajstić information content (AvgIpc) is 2.99. The van der Waals surface area contributed by atoms with Crippen LogP contribution in [0.4, 0.5) is 5.69 Å². The molecule has 0 fully saturated rings. The number of carbonyl (C=O) groups excluding carboxylic acids is 2. The molecular weight excluding hydrogens is 420 g/mol. The van der Waals surface area contributed by atoms with Crippen LogP contribution in [0, 0.1) is 0 Å². The molecule has 0 aliphatic carbocycles. The highest BCUT2D eigenvalue weighted by atomic mass is 16.5. The summed E-state index contributed by atoms with van der Waals surface area (Å²) < 4.78 is 16.8. The van der Waals surface area contributed by atoms with E-state index < -0.39 is 0 Å². The molecule has 176 valence electrons. The second kappa shape index (κ2) is 11.0. The van der Waals surface area contributed by atoms with Gasteiger partial charge in [-0.3, -0.25) is 14.5 Å². The monoisotopic (exact) mass is 452 g/mol. The minimum Gasteiger partial charge on any atom is -0.494 e. The number of rotatable bonds is 11. The Morgan fingerprint density at radius 2 is 1.48 bits per heavy atom. The summed E-state index contributed by atoms with van der Waals surface area (Å²) in [4.78, 5) is 27.7. The third-order valence-electron chi connectivity index (χ3n) is 4.88. The molecule has 1 N–H and O–H groups in total. The molecule has 33 heavy (non-hydrogen) atoms. The van der Waals surface area contributed by atoms with Crippen LogP contribution in [0.3, 0.4) is 0 Å². The predicted octanol–water partition coefficient (Wildman–Crippen LogP) is 4.49. The van der Waals surface area contributed by atoms with Crippen molar-refractivity contribution in [3.8, 4) is 11.5 Å². The Morgan fingerprint density at radius 1 is 0.848 bits per heavy atom. The highest BCUT2D eigenvalue weighted by molar-refractivity contribution is 6.36. The van der Waals surface area contributed by atoms with E-state index in [0.29, 0.717) is 29.2 Å². The van der Waals surface area contributed by atoms with Gasteiger partial charge in [0.25, 0.3) is 11.8 Å². The van der Waals surface area contributed by atoms with Crippen LogP contribution in [0.15, 0.2) is 54.2 Å². The van der Waals surface area contributed by atoms with Gasteiger partial charge in [0.1, 0.15) is 17.2 Å². The van der Waals surface area contributed by atoms with Crippen molar-refractivity contribution in [2.24, 2.45) is 0 Å². The minimum atomic E-state index is -0.376. The molecule has 0 atom stereocenters. The second-order valence-corrected chi connectivity index (χ2v) is 8.20. The fourth-order valence-corrected chi connectivity index (χ4v) is 3.46. The van der Waals surface area contributed by atoms with Crippen LogP contribution in [0.5, 0.6) is 11.5 Å². The summed E-state index contributed by atoms with van der Waals surface area (Å²) in [5, 5.41) is 3.16. The fourth-order valence-electron chi connectivity index (χ4n) is 3.46. The summed E-state index contributed by atoms with van der Waals surface area (Å²) in [6.07, 6.45) is 0.0777. The first-order valence-corrected chi connectivity index (χ1v) is 11.3. The van der Waals surface area contributed by atoms with E-state index >= 15 is 0 Å². The quantitative estimate of drug-likeness (QED) is 0.506. The lowest BCUT2D eigenvalue weighted by molar-refractivity contribution is -0.137. The Labute approximate surface area is 195 Å². The van der Waals surface area contributed by atoms with E-state index in [9.17, 15) is 9.59 Å². The molecule has 2 aromatic rings. The Hall–Kier alpha value is -3.32. The molecule has 0 radical (unpaired) electrons. The summed E-state index contributed by atoms with van der Waals surface area (Å²) in [7, 11) is 0. The van der Waals surface area contributed by atoms with Crippen molar-refractivity contribution in [3.63, 3.8) is 0 Å². The minimum absolute atomic E-state index is 0.0144. The van der Waals surface area contributed by atoms with Crippen LogP contribution < -0.4 is 14.8 Å². The van der Waals surface area contributed by atoms with E-state index in [1.165, 1.54) is 4.90 Å². The zero-order chi connectivity index (χ0) is 24.0. The molecule has 7 nitrogen and oxygen atoms in total. The van der Waals surface area contributed by atoms with Crippen molar-refractivity contribution < 1.29 is 23.8 Å². The van der Waals surface area contributed by atoms with Gasteiger partial charge in [-0.2, -0.15) is 0 Å². The van der Waals surface area contributed by atoms with Crippen LogP contribution in [-0.4, -0.2) is 48.7 Å². The first-order valence-electron chi connectivity index (χ1n) is 11.3. The summed E-state index contributed by atoms with van der Waals surface area (Å²) in [6, 6.07) is 14.5. The van der Waals surface area contributed by atoms with Gasteiger partial charge in [-0.05, 0) is 76.6 Å². The van der Waals surface area contributed by atoms with Crippen LogP contribution in [0.2, 0.25) is 0 Å². The number of ether oxygens (including phenoxy) is 3. The van der Waals surface area contributed by atoms with Crippen LogP contribution in [0.1, 0.15) is 40.2 Å². The molecule has 7 heteroatoms. The maximum absolute atomic E-state index is 13.3. The summed E-state index contributed by atoms with van der Waals surface area (Å²) in [5.74, 6) is 0.714. The lowest BCUT2D eigenvalue weighted by atomic mass is 10.0. The Balaban J connectivity index is 1.90. The molecule has 3 rings (SSSR count). The SMILES string of the molecule is CCOc1ccc(C2=C(Nc3ccc(OC(C)C)cc3)C(=O)N(CCOC(C)C)C2=O)cc1. The van der Waals surface area contributed by atoms with E-state index in [2.05, 4.69) is 5.32 Å². The molecule has 1 aliphatic heterocycles. The number of amides is 2. The average molecular weight is 453 g/mol. The molecule has 0 unspecified atom stereocenters. The van der Waals surface area contributed by atoms with Crippen molar-refractivity contribution in [2.45, 2.75) is 46.8 Å². The van der Waals surface area contributed by atoms with Crippen LogP contribution >= 0.6 is 0 Å². The molecule has 0 bridgehead atoms. The molecular formula is C26H32N2O5. The van der Waals surface area contributed by atoms with E-state index in [-0.39, 0.29) is 42.9 Å². The maximum atomic E-state index is 13.3. The number of benzene rings is 2. The van der Waals surface area contributed by atoms with Crippen molar-refractivity contribution in [2.75, 3.05) is 25.1 Å². The van der Waals surface area contributed by atoms with Gasteiger partial charge in [0.15, 0.2) is 0 Å². The highest BCUT2D eigenvalue weighted by Crippen LogP contribution is 2.31. The van der Waals surface area contributed by atoms with Crippen LogP contribution in [0.25, 0.3) is 5.57 Å². The molecule has 2 amide bonds. The van der Waals surface area contributed by atoms with E-state index in [1.807, 2.05) is 58.9 Å². The van der Waals surface area contributed by atoms with Gasteiger partial charge in [-0.1, -0.05) is 12.1 Å². The number of nitrogens with one attached hydrogen (secondary N) is 1. The number of nitrogens with zero attached hydrogens (tertiary/aromatic N) is 1. The van der Waals surface area contributed by atoms with E-state index in [1.54, 1.807) is 24.3 Å². The van der Waals surface area contributed by atoms with Gasteiger partial charge in [-0.25, -0.2) is 0 Å². The largest absolute Gasteiger partial charge is 0.494 e. The summed E-state index contributed by atoms with van der Waals surface area (Å²) in [5.41, 5.74) is 1.90. The fraction of sp³-hybridized carbons (Fsp3) is 0.385. The third-order valence-corrected chi connectivity index (χ3v) is 4.88. The normalized spacial score (nSPS) is 14.0.